The van der Waals surface area contributed by atoms with Gasteiger partial charge in [0.25, 0.3) is 0 Å². The first-order chi connectivity index (χ1) is 10.3. The fourth-order valence-corrected chi connectivity index (χ4v) is 2.08. The third kappa shape index (κ3) is 4.88. The highest BCUT2D eigenvalue weighted by Gasteiger charge is 2.04. The van der Waals surface area contributed by atoms with Gasteiger partial charge in [0.1, 0.15) is 11.5 Å². The van der Waals surface area contributed by atoms with Crippen molar-refractivity contribution in [2.45, 2.75) is 19.9 Å². The van der Waals surface area contributed by atoms with Gasteiger partial charge in [0.2, 0.25) is 0 Å². The molecule has 0 atom stereocenters. The molecule has 0 spiro atoms. The molecule has 0 saturated heterocycles. The maximum absolute atomic E-state index is 5.99. The molecule has 2 aromatic carbocycles. The second-order valence-electron chi connectivity index (χ2n) is 4.88. The van der Waals surface area contributed by atoms with Crippen molar-refractivity contribution >= 4 is 0 Å². The Kier molecular flexibility index (Phi) is 6.25. The number of nitrogens with one attached hydrogen (secondary N) is 1. The van der Waals surface area contributed by atoms with Crippen LogP contribution in [-0.4, -0.2) is 20.3 Å². The average Bonchev–Trinajstić information content (AvgIpc) is 2.53. The predicted octanol–water partition coefficient (Wildman–Crippen LogP) is 3.78. The summed E-state index contributed by atoms with van der Waals surface area (Å²) >= 11 is 0. The molecule has 2 rings (SSSR count). The van der Waals surface area contributed by atoms with Crippen LogP contribution in [0.15, 0.2) is 48.5 Å². The van der Waals surface area contributed by atoms with E-state index in [0.717, 1.165) is 37.6 Å². The molecule has 0 aliphatic carbocycles. The molecule has 3 heteroatoms. The number of ether oxygens (including phenoxy) is 2. The first-order valence-corrected chi connectivity index (χ1v) is 7.38. The number of rotatable bonds is 8. The van der Waals surface area contributed by atoms with E-state index in [2.05, 4.69) is 30.4 Å². The Hall–Kier alpha value is -1.84. The molecule has 3 nitrogen and oxygen atoms in total. The van der Waals surface area contributed by atoms with Crippen LogP contribution in [0.3, 0.4) is 0 Å². The standard InChI is InChI=1S/C18H23NO2/c1-3-19-14-16-6-4-5-7-18(16)21-17-10-8-15(9-11-17)12-13-20-2/h4-11,19H,3,12-14H2,1-2H3. The Morgan fingerprint density at radius 1 is 1.00 bits per heavy atom. The van der Waals surface area contributed by atoms with Gasteiger partial charge in [-0.3, -0.25) is 0 Å². The minimum Gasteiger partial charge on any atom is -0.457 e. The molecule has 1 N–H and O–H groups in total. The lowest BCUT2D eigenvalue weighted by molar-refractivity contribution is 0.202. The number of hydrogen-bond donors (Lipinski definition) is 1. The van der Waals surface area contributed by atoms with Crippen molar-refractivity contribution < 1.29 is 9.47 Å². The van der Waals surface area contributed by atoms with Crippen molar-refractivity contribution in [3.05, 3.63) is 59.7 Å². The van der Waals surface area contributed by atoms with Crippen LogP contribution in [-0.2, 0) is 17.7 Å². The van der Waals surface area contributed by atoms with Gasteiger partial charge in [0, 0.05) is 19.2 Å². The number of methoxy groups -OCH3 is 1. The van der Waals surface area contributed by atoms with E-state index >= 15 is 0 Å². The van der Waals surface area contributed by atoms with E-state index in [0.29, 0.717) is 0 Å². The van der Waals surface area contributed by atoms with E-state index in [-0.39, 0.29) is 0 Å². The fourth-order valence-electron chi connectivity index (χ4n) is 2.08. The van der Waals surface area contributed by atoms with E-state index in [1.165, 1.54) is 11.1 Å². The van der Waals surface area contributed by atoms with Crippen molar-refractivity contribution in [2.75, 3.05) is 20.3 Å². The first kappa shape index (κ1) is 15.5. The van der Waals surface area contributed by atoms with Crippen molar-refractivity contribution in [1.82, 2.24) is 5.32 Å². The summed E-state index contributed by atoms with van der Waals surface area (Å²) in [5.74, 6) is 1.77. The van der Waals surface area contributed by atoms with Crippen molar-refractivity contribution in [2.24, 2.45) is 0 Å². The van der Waals surface area contributed by atoms with Gasteiger partial charge in [0.05, 0.1) is 6.61 Å². The fraction of sp³-hybridized carbons (Fsp3) is 0.333. The lowest BCUT2D eigenvalue weighted by Crippen LogP contribution is -2.12. The minimum atomic E-state index is 0.742. The smallest absolute Gasteiger partial charge is 0.131 e. The quantitative estimate of drug-likeness (QED) is 0.800. The van der Waals surface area contributed by atoms with Gasteiger partial charge in [0.15, 0.2) is 0 Å². The zero-order valence-electron chi connectivity index (χ0n) is 12.8. The highest BCUT2D eigenvalue weighted by molar-refractivity contribution is 5.38. The highest BCUT2D eigenvalue weighted by atomic mass is 16.5. The molecular formula is C18H23NO2. The van der Waals surface area contributed by atoms with Crippen molar-refractivity contribution in [3.8, 4) is 11.5 Å². The topological polar surface area (TPSA) is 30.5 Å². The van der Waals surface area contributed by atoms with E-state index in [4.69, 9.17) is 9.47 Å². The molecule has 0 aliphatic rings. The lowest BCUT2D eigenvalue weighted by atomic mass is 10.1. The molecule has 21 heavy (non-hydrogen) atoms. The number of benzene rings is 2. The van der Waals surface area contributed by atoms with E-state index in [1.54, 1.807) is 7.11 Å². The Labute approximate surface area is 126 Å². The SMILES string of the molecule is CCNCc1ccccc1Oc1ccc(CCOC)cc1. The molecule has 112 valence electrons. The van der Waals surface area contributed by atoms with Crippen molar-refractivity contribution in [3.63, 3.8) is 0 Å². The number of hydrogen-bond acceptors (Lipinski definition) is 3. The summed E-state index contributed by atoms with van der Waals surface area (Å²) in [5, 5.41) is 3.33. The monoisotopic (exact) mass is 285 g/mol. The molecule has 0 bridgehead atoms. The van der Waals surface area contributed by atoms with Crippen LogP contribution in [0, 0.1) is 0 Å². The Morgan fingerprint density at radius 3 is 2.48 bits per heavy atom. The maximum Gasteiger partial charge on any atom is 0.131 e. The lowest BCUT2D eigenvalue weighted by Gasteiger charge is -2.12. The molecule has 0 aromatic heterocycles. The Balaban J connectivity index is 2.04. The molecule has 0 aliphatic heterocycles. The second-order valence-corrected chi connectivity index (χ2v) is 4.88. The second kappa shape index (κ2) is 8.45. The van der Waals surface area contributed by atoms with Crippen LogP contribution >= 0.6 is 0 Å². The van der Waals surface area contributed by atoms with Crippen LogP contribution in [0.2, 0.25) is 0 Å². The summed E-state index contributed by atoms with van der Waals surface area (Å²) in [4.78, 5) is 0. The van der Waals surface area contributed by atoms with Crippen molar-refractivity contribution in [1.29, 1.82) is 0 Å². The number of para-hydroxylation sites is 1. The van der Waals surface area contributed by atoms with Gasteiger partial charge < -0.3 is 14.8 Å². The molecule has 0 amide bonds. The van der Waals surface area contributed by atoms with Gasteiger partial charge in [-0.1, -0.05) is 37.3 Å². The van der Waals surface area contributed by atoms with Gasteiger partial charge in [-0.15, -0.1) is 0 Å². The predicted molar refractivity (Wildman–Crippen MR) is 85.9 cm³/mol. The largest absolute Gasteiger partial charge is 0.457 e. The molecule has 0 fully saturated rings. The molecule has 0 unspecified atom stereocenters. The average molecular weight is 285 g/mol. The zero-order chi connectivity index (χ0) is 14.9. The van der Waals surface area contributed by atoms with E-state index in [1.807, 2.05) is 30.3 Å². The maximum atomic E-state index is 5.99. The third-order valence-corrected chi connectivity index (χ3v) is 3.28. The molecule has 0 saturated carbocycles. The van der Waals surface area contributed by atoms with Crippen LogP contribution < -0.4 is 10.1 Å². The zero-order valence-corrected chi connectivity index (χ0v) is 12.8. The van der Waals surface area contributed by atoms with Crippen LogP contribution in [0.1, 0.15) is 18.1 Å². The Morgan fingerprint density at radius 2 is 1.76 bits per heavy atom. The van der Waals surface area contributed by atoms with Crippen LogP contribution in [0.25, 0.3) is 0 Å². The summed E-state index contributed by atoms with van der Waals surface area (Å²) in [5.41, 5.74) is 2.42. The van der Waals surface area contributed by atoms with E-state index < -0.39 is 0 Å². The highest BCUT2D eigenvalue weighted by Crippen LogP contribution is 2.25. The molecule has 0 radical (unpaired) electrons. The Bertz CT molecular complexity index is 537. The van der Waals surface area contributed by atoms with E-state index in [9.17, 15) is 0 Å². The third-order valence-electron chi connectivity index (χ3n) is 3.28. The molecule has 0 heterocycles. The summed E-state index contributed by atoms with van der Waals surface area (Å²) in [7, 11) is 1.72. The van der Waals surface area contributed by atoms with Gasteiger partial charge in [-0.25, -0.2) is 0 Å². The summed E-state index contributed by atoms with van der Waals surface area (Å²) < 4.78 is 11.1. The summed E-state index contributed by atoms with van der Waals surface area (Å²) in [6.45, 7) is 4.61. The summed E-state index contributed by atoms with van der Waals surface area (Å²) in [6.07, 6.45) is 0.924. The van der Waals surface area contributed by atoms with Gasteiger partial charge in [-0.05, 0) is 36.7 Å². The first-order valence-electron chi connectivity index (χ1n) is 7.38. The summed E-state index contributed by atoms with van der Waals surface area (Å²) in [6, 6.07) is 16.3. The minimum absolute atomic E-state index is 0.742. The molecule has 2 aromatic rings. The van der Waals surface area contributed by atoms with Crippen LogP contribution in [0.5, 0.6) is 11.5 Å². The normalized spacial score (nSPS) is 10.6. The van der Waals surface area contributed by atoms with Crippen LogP contribution in [0.4, 0.5) is 0 Å². The van der Waals surface area contributed by atoms with Gasteiger partial charge in [-0.2, -0.15) is 0 Å². The molecular weight excluding hydrogens is 262 g/mol. The van der Waals surface area contributed by atoms with Gasteiger partial charge >= 0.3 is 0 Å².